The lowest BCUT2D eigenvalue weighted by Crippen LogP contribution is -2.16. The predicted octanol–water partition coefficient (Wildman–Crippen LogP) is 3.25. The molecule has 0 amide bonds. The summed E-state index contributed by atoms with van der Waals surface area (Å²) in [5.41, 5.74) is 1.30. The van der Waals surface area contributed by atoms with Gasteiger partial charge < -0.3 is 10.1 Å². The van der Waals surface area contributed by atoms with Crippen LogP contribution in [0.4, 0.5) is 4.39 Å². The normalized spacial score (nSPS) is 10.6. The molecule has 1 rings (SSSR count). The van der Waals surface area contributed by atoms with E-state index in [-0.39, 0.29) is 11.6 Å². The maximum absolute atomic E-state index is 13.3. The molecule has 0 saturated heterocycles. The second-order valence-electron chi connectivity index (χ2n) is 4.18. The summed E-state index contributed by atoms with van der Waals surface area (Å²) in [7, 11) is 0. The summed E-state index contributed by atoms with van der Waals surface area (Å²) in [6.45, 7) is 4.51. The minimum absolute atomic E-state index is 0.186. The van der Waals surface area contributed by atoms with Crippen molar-refractivity contribution in [1.82, 2.24) is 5.32 Å². The first-order valence-electron chi connectivity index (χ1n) is 5.65. The van der Waals surface area contributed by atoms with Crippen molar-refractivity contribution in [3.63, 3.8) is 0 Å². The highest BCUT2D eigenvalue weighted by molar-refractivity contribution is 6.31. The highest BCUT2D eigenvalue weighted by atomic mass is 35.5. The number of benzene rings is 1. The standard InChI is InChI=1S/C13H17ClFNO/c1-9-6-12(14)11(7-13(9)15)8-16-5-3-4-10(2)17/h6-7,16H,3-5,8H2,1-2H3. The predicted molar refractivity (Wildman–Crippen MR) is 67.8 cm³/mol. The van der Waals surface area contributed by atoms with Crippen LogP contribution < -0.4 is 5.32 Å². The van der Waals surface area contributed by atoms with E-state index in [2.05, 4.69) is 5.32 Å². The van der Waals surface area contributed by atoms with Gasteiger partial charge in [0.05, 0.1) is 0 Å². The third kappa shape index (κ3) is 4.84. The second-order valence-corrected chi connectivity index (χ2v) is 4.58. The lowest BCUT2D eigenvalue weighted by Gasteiger charge is -2.08. The van der Waals surface area contributed by atoms with Crippen LogP contribution in [0.5, 0.6) is 0 Å². The first kappa shape index (κ1) is 14.1. The number of Topliss-reactive ketones (excluding diaryl/α,β-unsaturated/α-hetero) is 1. The molecule has 0 spiro atoms. The molecule has 0 fully saturated rings. The molecule has 0 aliphatic carbocycles. The fourth-order valence-electron chi connectivity index (χ4n) is 1.51. The minimum Gasteiger partial charge on any atom is -0.313 e. The third-order valence-corrected chi connectivity index (χ3v) is 2.88. The Morgan fingerprint density at radius 2 is 2.18 bits per heavy atom. The van der Waals surface area contributed by atoms with E-state index in [0.29, 0.717) is 23.6 Å². The van der Waals surface area contributed by atoms with Crippen molar-refractivity contribution < 1.29 is 9.18 Å². The van der Waals surface area contributed by atoms with Gasteiger partial charge in [-0.05, 0) is 50.1 Å². The van der Waals surface area contributed by atoms with E-state index in [4.69, 9.17) is 11.6 Å². The number of hydrogen-bond acceptors (Lipinski definition) is 2. The highest BCUT2D eigenvalue weighted by Crippen LogP contribution is 2.20. The van der Waals surface area contributed by atoms with Gasteiger partial charge in [0.25, 0.3) is 0 Å². The van der Waals surface area contributed by atoms with Gasteiger partial charge in [-0.1, -0.05) is 11.6 Å². The number of carbonyl (C=O) groups is 1. The topological polar surface area (TPSA) is 29.1 Å². The number of rotatable bonds is 6. The first-order valence-corrected chi connectivity index (χ1v) is 6.03. The molecular formula is C13H17ClFNO. The van der Waals surface area contributed by atoms with E-state index in [1.165, 1.54) is 6.07 Å². The van der Waals surface area contributed by atoms with E-state index in [1.807, 2.05) is 0 Å². The molecule has 1 aromatic rings. The van der Waals surface area contributed by atoms with Crippen LogP contribution in [-0.2, 0) is 11.3 Å². The number of nitrogens with one attached hydrogen (secondary N) is 1. The maximum Gasteiger partial charge on any atom is 0.129 e. The Morgan fingerprint density at radius 1 is 1.47 bits per heavy atom. The molecular weight excluding hydrogens is 241 g/mol. The molecule has 1 N–H and O–H groups in total. The van der Waals surface area contributed by atoms with Crippen LogP contribution >= 0.6 is 11.6 Å². The Bertz CT molecular complexity index is 407. The Labute approximate surface area is 106 Å². The van der Waals surface area contributed by atoms with Crippen LogP contribution in [0, 0.1) is 12.7 Å². The number of ketones is 1. The fourth-order valence-corrected chi connectivity index (χ4v) is 1.79. The zero-order valence-electron chi connectivity index (χ0n) is 10.1. The van der Waals surface area contributed by atoms with Gasteiger partial charge >= 0.3 is 0 Å². The molecule has 0 bridgehead atoms. The third-order valence-electron chi connectivity index (χ3n) is 2.53. The van der Waals surface area contributed by atoms with E-state index < -0.39 is 0 Å². The number of hydrogen-bond donors (Lipinski definition) is 1. The molecule has 0 unspecified atom stereocenters. The Kier molecular flexibility index (Phi) is 5.59. The van der Waals surface area contributed by atoms with Crippen molar-refractivity contribution in [2.75, 3.05) is 6.54 Å². The summed E-state index contributed by atoms with van der Waals surface area (Å²) < 4.78 is 13.3. The summed E-state index contributed by atoms with van der Waals surface area (Å²) in [6.07, 6.45) is 1.37. The largest absolute Gasteiger partial charge is 0.313 e. The summed E-state index contributed by atoms with van der Waals surface area (Å²) in [5.74, 6) is -0.0545. The van der Waals surface area contributed by atoms with Gasteiger partial charge in [-0.3, -0.25) is 0 Å². The van der Waals surface area contributed by atoms with Gasteiger partial charge in [0.1, 0.15) is 11.6 Å². The molecule has 17 heavy (non-hydrogen) atoms. The first-order chi connectivity index (χ1) is 8.00. The van der Waals surface area contributed by atoms with Crippen molar-refractivity contribution in [3.8, 4) is 0 Å². The molecule has 0 aliphatic heterocycles. The fraction of sp³-hybridized carbons (Fsp3) is 0.462. The molecule has 0 atom stereocenters. The molecule has 0 heterocycles. The second kappa shape index (κ2) is 6.72. The van der Waals surface area contributed by atoms with Gasteiger partial charge in [-0.2, -0.15) is 0 Å². The van der Waals surface area contributed by atoms with E-state index in [1.54, 1.807) is 19.9 Å². The van der Waals surface area contributed by atoms with Crippen molar-refractivity contribution in [2.45, 2.75) is 33.2 Å². The lowest BCUT2D eigenvalue weighted by atomic mass is 10.1. The van der Waals surface area contributed by atoms with Crippen LogP contribution in [0.15, 0.2) is 12.1 Å². The quantitative estimate of drug-likeness (QED) is 0.793. The van der Waals surface area contributed by atoms with E-state index >= 15 is 0 Å². The van der Waals surface area contributed by atoms with Gasteiger partial charge in [-0.15, -0.1) is 0 Å². The van der Waals surface area contributed by atoms with Crippen LogP contribution in [0.2, 0.25) is 5.02 Å². The number of carbonyl (C=O) groups excluding carboxylic acids is 1. The van der Waals surface area contributed by atoms with Crippen molar-refractivity contribution in [2.24, 2.45) is 0 Å². The molecule has 94 valence electrons. The zero-order valence-corrected chi connectivity index (χ0v) is 10.9. The van der Waals surface area contributed by atoms with E-state index in [9.17, 15) is 9.18 Å². The van der Waals surface area contributed by atoms with Crippen molar-refractivity contribution in [3.05, 3.63) is 34.1 Å². The lowest BCUT2D eigenvalue weighted by molar-refractivity contribution is -0.117. The van der Waals surface area contributed by atoms with Crippen LogP contribution in [0.1, 0.15) is 30.9 Å². The summed E-state index contributed by atoms with van der Waals surface area (Å²) in [5, 5.41) is 3.71. The Morgan fingerprint density at radius 3 is 2.82 bits per heavy atom. The SMILES string of the molecule is CC(=O)CCCNCc1cc(F)c(C)cc1Cl. The average molecular weight is 258 g/mol. The number of aryl methyl sites for hydroxylation is 1. The molecule has 0 aliphatic rings. The molecule has 0 radical (unpaired) electrons. The monoisotopic (exact) mass is 257 g/mol. The molecule has 1 aromatic carbocycles. The maximum atomic E-state index is 13.3. The van der Waals surface area contributed by atoms with Crippen molar-refractivity contribution in [1.29, 1.82) is 0 Å². The Balaban J connectivity index is 2.41. The van der Waals surface area contributed by atoms with E-state index in [0.717, 1.165) is 18.5 Å². The van der Waals surface area contributed by atoms with Gasteiger partial charge in [0.15, 0.2) is 0 Å². The van der Waals surface area contributed by atoms with Crippen LogP contribution in [0.3, 0.4) is 0 Å². The average Bonchev–Trinajstić information content (AvgIpc) is 2.24. The number of halogens is 2. The van der Waals surface area contributed by atoms with Crippen LogP contribution in [0.25, 0.3) is 0 Å². The molecule has 4 heteroatoms. The van der Waals surface area contributed by atoms with Gasteiger partial charge in [0, 0.05) is 18.0 Å². The zero-order chi connectivity index (χ0) is 12.8. The smallest absolute Gasteiger partial charge is 0.129 e. The molecule has 0 aromatic heterocycles. The van der Waals surface area contributed by atoms with Crippen LogP contribution in [-0.4, -0.2) is 12.3 Å². The highest BCUT2D eigenvalue weighted by Gasteiger charge is 2.05. The summed E-state index contributed by atoms with van der Waals surface area (Å²) in [6, 6.07) is 3.08. The molecule has 2 nitrogen and oxygen atoms in total. The Hall–Kier alpha value is -0.930. The summed E-state index contributed by atoms with van der Waals surface area (Å²) in [4.78, 5) is 10.7. The minimum atomic E-state index is -0.241. The van der Waals surface area contributed by atoms with Crippen molar-refractivity contribution >= 4 is 17.4 Å². The molecule has 0 saturated carbocycles. The summed E-state index contributed by atoms with van der Waals surface area (Å²) >= 11 is 6.00. The van der Waals surface area contributed by atoms with Gasteiger partial charge in [-0.25, -0.2) is 4.39 Å². The van der Waals surface area contributed by atoms with Gasteiger partial charge in [0.2, 0.25) is 0 Å².